The molecule has 0 saturated carbocycles. The molecule has 1 unspecified atom stereocenters. The molecule has 0 radical (unpaired) electrons. The SMILES string of the molecule is CCc1nn(CC)c(CC2(C#N)CCS(=O)(=O)C2)c1Cl. The lowest BCUT2D eigenvalue weighted by Gasteiger charge is -2.19. The molecule has 20 heavy (non-hydrogen) atoms. The molecule has 0 bridgehead atoms. The molecule has 1 fully saturated rings. The third-order valence-corrected chi connectivity index (χ3v) is 6.08. The summed E-state index contributed by atoms with van der Waals surface area (Å²) < 4.78 is 25.2. The first-order valence-corrected chi connectivity index (χ1v) is 8.92. The predicted molar refractivity (Wildman–Crippen MR) is 77.3 cm³/mol. The lowest BCUT2D eigenvalue weighted by atomic mass is 9.84. The Kier molecular flexibility index (Phi) is 4.12. The van der Waals surface area contributed by atoms with Crippen molar-refractivity contribution >= 4 is 21.4 Å². The maximum atomic E-state index is 11.7. The van der Waals surface area contributed by atoms with Crippen molar-refractivity contribution in [3.8, 4) is 6.07 Å². The van der Waals surface area contributed by atoms with Crippen LogP contribution in [0.1, 0.15) is 31.7 Å². The normalized spacial score (nSPS) is 24.7. The fraction of sp³-hybridized carbons (Fsp3) is 0.692. The number of sulfone groups is 1. The highest BCUT2D eigenvalue weighted by molar-refractivity contribution is 7.91. The van der Waals surface area contributed by atoms with Crippen molar-refractivity contribution in [2.75, 3.05) is 11.5 Å². The molecule has 0 amide bonds. The van der Waals surface area contributed by atoms with Crippen molar-refractivity contribution < 1.29 is 8.42 Å². The molecule has 1 aliphatic rings. The first kappa shape index (κ1) is 15.3. The van der Waals surface area contributed by atoms with E-state index in [0.717, 1.165) is 17.8 Å². The van der Waals surface area contributed by atoms with Crippen molar-refractivity contribution in [2.24, 2.45) is 5.41 Å². The lowest BCUT2D eigenvalue weighted by molar-refractivity contribution is 0.430. The Balaban J connectivity index is 2.39. The van der Waals surface area contributed by atoms with Gasteiger partial charge in [0, 0.05) is 13.0 Å². The van der Waals surface area contributed by atoms with E-state index in [1.54, 1.807) is 4.68 Å². The molecule has 1 aliphatic heterocycles. The highest BCUT2D eigenvalue weighted by atomic mass is 35.5. The Morgan fingerprint density at radius 3 is 2.65 bits per heavy atom. The molecule has 2 rings (SSSR count). The zero-order valence-corrected chi connectivity index (χ0v) is 13.3. The van der Waals surface area contributed by atoms with E-state index in [1.807, 2.05) is 13.8 Å². The molecule has 110 valence electrons. The van der Waals surface area contributed by atoms with E-state index >= 15 is 0 Å². The van der Waals surface area contributed by atoms with Gasteiger partial charge in [0.1, 0.15) is 0 Å². The van der Waals surface area contributed by atoms with Crippen LogP contribution in [0.3, 0.4) is 0 Å². The second-order valence-corrected chi connectivity index (χ2v) is 7.85. The molecule has 1 atom stereocenters. The quantitative estimate of drug-likeness (QED) is 0.851. The molecule has 7 heteroatoms. The molecule has 0 N–H and O–H groups in total. The van der Waals surface area contributed by atoms with Crippen LogP contribution >= 0.6 is 11.6 Å². The second-order valence-electron chi connectivity index (χ2n) is 5.29. The van der Waals surface area contributed by atoms with Crippen LogP contribution in [0, 0.1) is 16.7 Å². The zero-order valence-electron chi connectivity index (χ0n) is 11.7. The number of hydrogen-bond acceptors (Lipinski definition) is 4. The number of nitrogens with zero attached hydrogens (tertiary/aromatic N) is 3. The lowest BCUT2D eigenvalue weighted by Crippen LogP contribution is -2.25. The minimum absolute atomic E-state index is 0.0802. The summed E-state index contributed by atoms with van der Waals surface area (Å²) in [5, 5.41) is 14.4. The Bertz CT molecular complexity index is 660. The van der Waals surface area contributed by atoms with Gasteiger partial charge in [-0.15, -0.1) is 0 Å². The van der Waals surface area contributed by atoms with E-state index in [0.29, 0.717) is 24.4 Å². The van der Waals surface area contributed by atoms with Gasteiger partial charge in [-0.25, -0.2) is 8.42 Å². The van der Waals surface area contributed by atoms with Crippen molar-refractivity contribution in [1.29, 1.82) is 5.26 Å². The number of hydrogen-bond donors (Lipinski definition) is 0. The Hall–Kier alpha value is -1.06. The van der Waals surface area contributed by atoms with Gasteiger partial charge in [-0.05, 0) is 19.8 Å². The van der Waals surface area contributed by atoms with Crippen LogP contribution < -0.4 is 0 Å². The van der Waals surface area contributed by atoms with Crippen LogP contribution in [0.25, 0.3) is 0 Å². The summed E-state index contributed by atoms with van der Waals surface area (Å²) in [6.45, 7) is 4.58. The molecule has 0 aromatic carbocycles. The van der Waals surface area contributed by atoms with Gasteiger partial charge < -0.3 is 0 Å². The molecule has 1 aromatic heterocycles. The van der Waals surface area contributed by atoms with Crippen molar-refractivity contribution in [3.63, 3.8) is 0 Å². The molecule has 1 saturated heterocycles. The summed E-state index contributed by atoms with van der Waals surface area (Å²) in [5.74, 6) is 0.00224. The molecular formula is C13H18ClN3O2S. The average molecular weight is 316 g/mol. The number of aryl methyl sites for hydroxylation is 2. The minimum atomic E-state index is -3.11. The Morgan fingerprint density at radius 2 is 2.20 bits per heavy atom. The molecule has 0 spiro atoms. The maximum absolute atomic E-state index is 11.7. The summed E-state index contributed by atoms with van der Waals surface area (Å²) in [6, 6.07) is 2.21. The fourth-order valence-electron chi connectivity index (χ4n) is 2.69. The fourth-order valence-corrected chi connectivity index (χ4v) is 5.02. The summed E-state index contributed by atoms with van der Waals surface area (Å²) in [7, 11) is -3.11. The Morgan fingerprint density at radius 1 is 1.50 bits per heavy atom. The summed E-state index contributed by atoms with van der Waals surface area (Å²) in [6.07, 6.45) is 1.44. The van der Waals surface area contributed by atoms with Crippen molar-refractivity contribution in [2.45, 2.75) is 39.7 Å². The molecule has 1 aromatic rings. The van der Waals surface area contributed by atoms with Gasteiger partial charge in [-0.1, -0.05) is 18.5 Å². The van der Waals surface area contributed by atoms with Crippen LogP contribution in [-0.2, 0) is 29.2 Å². The third kappa shape index (κ3) is 2.70. The van der Waals surface area contributed by atoms with Crippen LogP contribution in [0.15, 0.2) is 0 Å². The van der Waals surface area contributed by atoms with Crippen molar-refractivity contribution in [1.82, 2.24) is 9.78 Å². The summed E-state index contributed by atoms with van der Waals surface area (Å²) in [5.41, 5.74) is 0.725. The second kappa shape index (κ2) is 5.38. The van der Waals surface area contributed by atoms with E-state index in [4.69, 9.17) is 11.6 Å². The minimum Gasteiger partial charge on any atom is -0.268 e. The zero-order chi connectivity index (χ0) is 15.0. The number of rotatable bonds is 4. The van der Waals surface area contributed by atoms with E-state index in [-0.39, 0.29) is 11.5 Å². The van der Waals surface area contributed by atoms with Crippen LogP contribution in [0.4, 0.5) is 0 Å². The van der Waals surface area contributed by atoms with E-state index in [9.17, 15) is 13.7 Å². The maximum Gasteiger partial charge on any atom is 0.151 e. The smallest absolute Gasteiger partial charge is 0.151 e. The first-order chi connectivity index (χ1) is 9.36. The number of aromatic nitrogens is 2. The highest BCUT2D eigenvalue weighted by Gasteiger charge is 2.44. The van der Waals surface area contributed by atoms with E-state index < -0.39 is 15.3 Å². The van der Waals surface area contributed by atoms with Gasteiger partial charge in [0.2, 0.25) is 0 Å². The molecule has 0 aliphatic carbocycles. The average Bonchev–Trinajstić information content (AvgIpc) is 2.89. The molecule has 2 heterocycles. The van der Waals surface area contributed by atoms with Gasteiger partial charge in [0.25, 0.3) is 0 Å². The standard InChI is InChI=1S/C13H18ClN3O2S/c1-3-10-12(14)11(17(4-2)16-10)7-13(8-15)5-6-20(18,19)9-13/h3-7,9H2,1-2H3. The van der Waals surface area contributed by atoms with Crippen LogP contribution in [0.2, 0.25) is 5.02 Å². The van der Waals surface area contributed by atoms with Crippen LogP contribution in [0.5, 0.6) is 0 Å². The van der Waals surface area contributed by atoms with Crippen LogP contribution in [-0.4, -0.2) is 29.7 Å². The van der Waals surface area contributed by atoms with E-state index in [1.165, 1.54) is 0 Å². The van der Waals surface area contributed by atoms with Gasteiger partial charge in [0.05, 0.1) is 39.4 Å². The third-order valence-electron chi connectivity index (χ3n) is 3.82. The monoisotopic (exact) mass is 315 g/mol. The highest BCUT2D eigenvalue weighted by Crippen LogP contribution is 2.37. The van der Waals surface area contributed by atoms with E-state index in [2.05, 4.69) is 11.2 Å². The topological polar surface area (TPSA) is 75.8 Å². The van der Waals surface area contributed by atoms with Gasteiger partial charge >= 0.3 is 0 Å². The molecular weight excluding hydrogens is 298 g/mol. The Labute approximate surface area is 124 Å². The number of halogens is 1. The first-order valence-electron chi connectivity index (χ1n) is 6.72. The largest absolute Gasteiger partial charge is 0.268 e. The van der Waals surface area contributed by atoms with Crippen molar-refractivity contribution in [3.05, 3.63) is 16.4 Å². The van der Waals surface area contributed by atoms with Gasteiger partial charge in [0.15, 0.2) is 9.84 Å². The number of nitriles is 1. The molecule has 5 nitrogen and oxygen atoms in total. The summed E-state index contributed by atoms with van der Waals surface area (Å²) in [4.78, 5) is 0. The predicted octanol–water partition coefficient (Wildman–Crippen LogP) is 1.99. The summed E-state index contributed by atoms with van der Waals surface area (Å²) >= 11 is 6.33. The van der Waals surface area contributed by atoms with Gasteiger partial charge in [-0.3, -0.25) is 4.68 Å². The van der Waals surface area contributed by atoms with Gasteiger partial charge in [-0.2, -0.15) is 10.4 Å².